The van der Waals surface area contributed by atoms with Crippen LogP contribution in [0.1, 0.15) is 50.9 Å². The Morgan fingerprint density at radius 3 is 2.21 bits per heavy atom. The third-order valence-corrected chi connectivity index (χ3v) is 5.07. The maximum atomic E-state index is 12.6. The van der Waals surface area contributed by atoms with E-state index >= 15 is 0 Å². The first-order valence-electron chi connectivity index (χ1n) is 8.24. The minimum absolute atomic E-state index is 0.0186. The Kier molecular flexibility index (Phi) is 7.69. The van der Waals surface area contributed by atoms with Crippen molar-refractivity contribution in [2.45, 2.75) is 45.4 Å². The van der Waals surface area contributed by atoms with E-state index in [1.807, 2.05) is 13.8 Å². The summed E-state index contributed by atoms with van der Waals surface area (Å²) in [5, 5.41) is 12.2. The van der Waals surface area contributed by atoms with Crippen molar-refractivity contribution in [1.29, 1.82) is 0 Å². The van der Waals surface area contributed by atoms with Gasteiger partial charge in [-0.25, -0.2) is 17.9 Å². The first-order chi connectivity index (χ1) is 11.1. The minimum atomic E-state index is -3.77. The van der Waals surface area contributed by atoms with Gasteiger partial charge in [-0.3, -0.25) is 0 Å². The molecule has 0 spiro atoms. The molecule has 0 saturated carbocycles. The molecular formula is C17H28N2O4S. The number of aromatic carboxylic acids is 1. The number of nitrogens with one attached hydrogen (secondary N) is 2. The number of carbonyl (C=O) groups is 1. The van der Waals surface area contributed by atoms with Gasteiger partial charge in [-0.2, -0.15) is 0 Å². The molecule has 1 rings (SSSR count). The van der Waals surface area contributed by atoms with Crippen LogP contribution in [0, 0.1) is 11.8 Å². The van der Waals surface area contributed by atoms with E-state index in [0.717, 1.165) is 6.42 Å². The molecule has 24 heavy (non-hydrogen) atoms. The fraction of sp³-hybridized carbons (Fsp3) is 0.588. The van der Waals surface area contributed by atoms with Crippen molar-refractivity contribution in [2.24, 2.45) is 11.8 Å². The summed E-state index contributed by atoms with van der Waals surface area (Å²) in [5.41, 5.74) is 0.381. The summed E-state index contributed by atoms with van der Waals surface area (Å²) < 4.78 is 27.7. The van der Waals surface area contributed by atoms with Crippen LogP contribution in [-0.2, 0) is 10.0 Å². The van der Waals surface area contributed by atoms with E-state index in [9.17, 15) is 13.2 Å². The number of hydrogen-bond donors (Lipinski definition) is 3. The predicted octanol–water partition coefficient (Wildman–Crippen LogP) is 3.17. The van der Waals surface area contributed by atoms with Gasteiger partial charge in [0.05, 0.1) is 11.3 Å². The van der Waals surface area contributed by atoms with Crippen LogP contribution in [-0.4, -0.2) is 32.6 Å². The Bertz CT molecular complexity index is 655. The average molecular weight is 356 g/mol. The van der Waals surface area contributed by atoms with Crippen LogP contribution in [0.5, 0.6) is 0 Å². The molecule has 6 nitrogen and oxygen atoms in total. The van der Waals surface area contributed by atoms with Crippen molar-refractivity contribution in [3.8, 4) is 0 Å². The molecule has 0 atom stereocenters. The Morgan fingerprint density at radius 2 is 1.67 bits per heavy atom. The van der Waals surface area contributed by atoms with Gasteiger partial charge in [0.25, 0.3) is 0 Å². The summed E-state index contributed by atoms with van der Waals surface area (Å²) in [6, 6.07) is 4.13. The van der Waals surface area contributed by atoms with Crippen LogP contribution < -0.4 is 10.0 Å². The van der Waals surface area contributed by atoms with E-state index in [1.54, 1.807) is 0 Å². The van der Waals surface area contributed by atoms with Crippen molar-refractivity contribution >= 4 is 21.7 Å². The third-order valence-electron chi connectivity index (χ3n) is 3.57. The van der Waals surface area contributed by atoms with Crippen LogP contribution in [0.2, 0.25) is 0 Å². The van der Waals surface area contributed by atoms with Gasteiger partial charge in [-0.15, -0.1) is 0 Å². The van der Waals surface area contributed by atoms with Gasteiger partial charge < -0.3 is 10.4 Å². The monoisotopic (exact) mass is 356 g/mol. The SMILES string of the molecule is CC(C)CCNc1ccc(C(=O)O)cc1S(=O)(=O)NCCC(C)C. The second-order valence-electron chi connectivity index (χ2n) is 6.71. The van der Waals surface area contributed by atoms with Gasteiger partial charge in [0.15, 0.2) is 0 Å². The number of hydrogen-bond acceptors (Lipinski definition) is 4. The highest BCUT2D eigenvalue weighted by Gasteiger charge is 2.20. The molecule has 0 aromatic heterocycles. The zero-order valence-corrected chi connectivity index (χ0v) is 15.6. The van der Waals surface area contributed by atoms with Crippen LogP contribution in [0.4, 0.5) is 5.69 Å². The Labute approximate surface area is 144 Å². The van der Waals surface area contributed by atoms with Crippen LogP contribution in [0.25, 0.3) is 0 Å². The van der Waals surface area contributed by atoms with Crippen molar-refractivity contribution in [3.05, 3.63) is 23.8 Å². The molecule has 0 aliphatic heterocycles. The van der Waals surface area contributed by atoms with Crippen LogP contribution >= 0.6 is 0 Å². The molecule has 0 fully saturated rings. The number of anilines is 1. The third kappa shape index (κ3) is 6.49. The molecule has 0 aliphatic carbocycles. The molecule has 0 radical (unpaired) electrons. The number of rotatable bonds is 10. The molecule has 0 unspecified atom stereocenters. The molecular weight excluding hydrogens is 328 g/mol. The largest absolute Gasteiger partial charge is 0.478 e. The Balaban J connectivity index is 3.05. The summed E-state index contributed by atoms with van der Waals surface area (Å²) in [7, 11) is -3.77. The van der Waals surface area contributed by atoms with Crippen molar-refractivity contribution in [2.75, 3.05) is 18.4 Å². The maximum Gasteiger partial charge on any atom is 0.335 e. The van der Waals surface area contributed by atoms with E-state index in [1.165, 1.54) is 18.2 Å². The molecule has 136 valence electrons. The van der Waals surface area contributed by atoms with Crippen LogP contribution in [0.15, 0.2) is 23.1 Å². The number of carboxylic acids is 1. The van der Waals surface area contributed by atoms with Gasteiger partial charge in [-0.1, -0.05) is 27.7 Å². The molecule has 1 aromatic carbocycles. The Hall–Kier alpha value is -1.60. The van der Waals surface area contributed by atoms with E-state index in [2.05, 4.69) is 23.9 Å². The standard InChI is InChI=1S/C17H28N2O4S/c1-12(2)7-9-18-15-6-5-14(17(20)21)11-16(15)24(22,23)19-10-8-13(3)4/h5-6,11-13,18-19H,7-10H2,1-4H3,(H,20,21). The highest BCUT2D eigenvalue weighted by Crippen LogP contribution is 2.23. The molecule has 0 aliphatic rings. The molecule has 7 heteroatoms. The molecule has 0 saturated heterocycles. The normalized spacial score (nSPS) is 11.9. The van der Waals surface area contributed by atoms with Gasteiger partial charge in [0, 0.05) is 13.1 Å². The quantitative estimate of drug-likeness (QED) is 0.598. The summed E-state index contributed by atoms with van der Waals surface area (Å²) in [4.78, 5) is 11.1. The Morgan fingerprint density at radius 1 is 1.08 bits per heavy atom. The lowest BCUT2D eigenvalue weighted by Gasteiger charge is -2.15. The second-order valence-corrected chi connectivity index (χ2v) is 8.44. The predicted molar refractivity (Wildman–Crippen MR) is 96.0 cm³/mol. The molecule has 1 aromatic rings. The van der Waals surface area contributed by atoms with E-state index < -0.39 is 16.0 Å². The maximum absolute atomic E-state index is 12.6. The summed E-state index contributed by atoms with van der Waals surface area (Å²) in [5.74, 6) is -0.288. The fourth-order valence-corrected chi connectivity index (χ4v) is 3.33. The molecule has 3 N–H and O–H groups in total. The van der Waals surface area contributed by atoms with E-state index in [0.29, 0.717) is 37.0 Å². The van der Waals surface area contributed by atoms with Gasteiger partial charge >= 0.3 is 5.97 Å². The number of benzene rings is 1. The lowest BCUT2D eigenvalue weighted by atomic mass is 10.1. The zero-order chi connectivity index (χ0) is 18.3. The van der Waals surface area contributed by atoms with Crippen molar-refractivity contribution < 1.29 is 18.3 Å². The molecule has 0 heterocycles. The average Bonchev–Trinajstić information content (AvgIpc) is 2.46. The second kappa shape index (κ2) is 9.03. The first-order valence-corrected chi connectivity index (χ1v) is 9.72. The van der Waals surface area contributed by atoms with Crippen molar-refractivity contribution in [3.63, 3.8) is 0 Å². The fourth-order valence-electron chi connectivity index (χ4n) is 2.08. The highest BCUT2D eigenvalue weighted by atomic mass is 32.2. The van der Waals surface area contributed by atoms with Gasteiger partial charge in [-0.05, 0) is 42.9 Å². The molecule has 0 amide bonds. The smallest absolute Gasteiger partial charge is 0.335 e. The van der Waals surface area contributed by atoms with E-state index in [-0.39, 0.29) is 10.5 Å². The zero-order valence-electron chi connectivity index (χ0n) is 14.8. The first kappa shape index (κ1) is 20.4. The summed E-state index contributed by atoms with van der Waals surface area (Å²) in [6.07, 6.45) is 1.61. The highest BCUT2D eigenvalue weighted by molar-refractivity contribution is 7.89. The van der Waals surface area contributed by atoms with E-state index in [4.69, 9.17) is 5.11 Å². The van der Waals surface area contributed by atoms with Crippen molar-refractivity contribution in [1.82, 2.24) is 4.72 Å². The van der Waals surface area contributed by atoms with Gasteiger partial charge in [0.2, 0.25) is 10.0 Å². The topological polar surface area (TPSA) is 95.5 Å². The lowest BCUT2D eigenvalue weighted by molar-refractivity contribution is 0.0696. The van der Waals surface area contributed by atoms with Crippen LogP contribution in [0.3, 0.4) is 0 Å². The minimum Gasteiger partial charge on any atom is -0.478 e. The number of carboxylic acid groups (broad SMARTS) is 1. The number of sulfonamides is 1. The molecule has 0 bridgehead atoms. The summed E-state index contributed by atoms with van der Waals surface area (Å²) in [6.45, 7) is 9.14. The lowest BCUT2D eigenvalue weighted by Crippen LogP contribution is -2.27. The summed E-state index contributed by atoms with van der Waals surface area (Å²) >= 11 is 0. The van der Waals surface area contributed by atoms with Gasteiger partial charge in [0.1, 0.15) is 4.90 Å².